The third-order valence-corrected chi connectivity index (χ3v) is 6.03. The average molecular weight is 394 g/mol. The van der Waals surface area contributed by atoms with Crippen LogP contribution in [0.4, 0.5) is 13.2 Å². The molecule has 0 amide bonds. The van der Waals surface area contributed by atoms with Crippen LogP contribution in [0.25, 0.3) is 42.2 Å². The van der Waals surface area contributed by atoms with Gasteiger partial charge in [-0.3, -0.25) is 0 Å². The van der Waals surface area contributed by atoms with Gasteiger partial charge >= 0.3 is 6.18 Å². The van der Waals surface area contributed by atoms with Crippen LogP contribution in [-0.2, 0) is 6.18 Å². The normalized spacial score (nSPS) is 12.3. The van der Waals surface area contributed by atoms with Crippen molar-refractivity contribution >= 4 is 43.0 Å². The van der Waals surface area contributed by atoms with E-state index in [-0.39, 0.29) is 16.5 Å². The predicted octanol–water partition coefficient (Wildman–Crippen LogP) is 6.99. The zero-order chi connectivity index (χ0) is 19.5. The second-order valence-corrected chi connectivity index (χ2v) is 7.76. The number of thiophene rings is 1. The van der Waals surface area contributed by atoms with Crippen LogP contribution in [0.5, 0.6) is 0 Å². The van der Waals surface area contributed by atoms with Gasteiger partial charge in [-0.05, 0) is 41.3 Å². The fourth-order valence-electron chi connectivity index (χ4n) is 3.71. The molecular weight excluding hydrogens is 381 g/mol. The van der Waals surface area contributed by atoms with Gasteiger partial charge in [0.1, 0.15) is 5.69 Å². The Bertz CT molecular complexity index is 1340. The Morgan fingerprint density at radius 1 is 0.821 bits per heavy atom. The second-order valence-electron chi connectivity index (χ2n) is 6.68. The van der Waals surface area contributed by atoms with Crippen molar-refractivity contribution in [2.45, 2.75) is 13.1 Å². The van der Waals surface area contributed by atoms with Crippen molar-refractivity contribution in [3.63, 3.8) is 0 Å². The molecule has 138 valence electrons. The number of halogens is 3. The van der Waals surface area contributed by atoms with Crippen molar-refractivity contribution in [2.24, 2.45) is 0 Å². The molecule has 28 heavy (non-hydrogen) atoms. The summed E-state index contributed by atoms with van der Waals surface area (Å²) in [6, 6.07) is 18.2. The zero-order valence-corrected chi connectivity index (χ0v) is 15.5. The van der Waals surface area contributed by atoms with Gasteiger partial charge in [-0.1, -0.05) is 42.5 Å². The molecule has 0 aliphatic rings. The van der Waals surface area contributed by atoms with Crippen LogP contribution in [0, 0.1) is 6.92 Å². The summed E-state index contributed by atoms with van der Waals surface area (Å²) in [7, 11) is 0. The monoisotopic (exact) mass is 394 g/mol. The van der Waals surface area contributed by atoms with E-state index in [1.807, 2.05) is 30.3 Å². The number of alkyl halides is 3. The smallest absolute Gasteiger partial charge is 0.166 e. The van der Waals surface area contributed by atoms with Crippen LogP contribution >= 0.6 is 11.3 Å². The minimum atomic E-state index is -4.50. The van der Waals surface area contributed by atoms with Crippen LogP contribution in [0.3, 0.4) is 0 Å². The molecule has 5 aromatic rings. The van der Waals surface area contributed by atoms with Crippen molar-refractivity contribution in [2.75, 3.05) is 0 Å². The van der Waals surface area contributed by atoms with Crippen molar-refractivity contribution in [1.82, 2.24) is 10.2 Å². The first-order chi connectivity index (χ1) is 13.4. The Kier molecular flexibility index (Phi) is 3.67. The van der Waals surface area contributed by atoms with E-state index in [1.165, 1.54) is 17.4 Å². The molecule has 0 radical (unpaired) electrons. The SMILES string of the molecule is Cc1nnc(-c2cc3ccccc3s2)c2cc3ccccc3c(C(F)(F)F)c12. The highest BCUT2D eigenvalue weighted by atomic mass is 32.1. The van der Waals surface area contributed by atoms with E-state index in [0.29, 0.717) is 16.5 Å². The predicted molar refractivity (Wildman–Crippen MR) is 108 cm³/mol. The van der Waals surface area contributed by atoms with Crippen LogP contribution in [0.15, 0.2) is 60.7 Å². The highest BCUT2D eigenvalue weighted by Gasteiger charge is 2.36. The molecule has 0 saturated heterocycles. The number of rotatable bonds is 1. The molecule has 5 rings (SSSR count). The summed E-state index contributed by atoms with van der Waals surface area (Å²) in [5, 5.41) is 10.7. The fourth-order valence-corrected chi connectivity index (χ4v) is 4.78. The lowest BCUT2D eigenvalue weighted by molar-refractivity contribution is -0.135. The summed E-state index contributed by atoms with van der Waals surface area (Å²) in [6.07, 6.45) is -4.50. The molecule has 0 aliphatic heterocycles. The van der Waals surface area contributed by atoms with E-state index in [9.17, 15) is 13.2 Å². The molecule has 2 aromatic heterocycles. The average Bonchev–Trinajstić information content (AvgIpc) is 3.09. The molecule has 0 aliphatic carbocycles. The minimum absolute atomic E-state index is 0.119. The van der Waals surface area contributed by atoms with Crippen LogP contribution in [0.2, 0.25) is 0 Å². The van der Waals surface area contributed by atoms with Gasteiger partial charge in [-0.25, -0.2) is 0 Å². The molecule has 2 heterocycles. The number of nitrogens with zero attached hydrogens (tertiary/aromatic N) is 2. The number of aromatic nitrogens is 2. The third kappa shape index (κ3) is 2.56. The maximum Gasteiger partial charge on any atom is 0.417 e. The Morgan fingerprint density at radius 3 is 2.29 bits per heavy atom. The summed E-state index contributed by atoms with van der Waals surface area (Å²) in [4.78, 5) is 0.808. The topological polar surface area (TPSA) is 25.8 Å². The van der Waals surface area contributed by atoms with Gasteiger partial charge < -0.3 is 0 Å². The van der Waals surface area contributed by atoms with Gasteiger partial charge in [0.05, 0.1) is 16.1 Å². The number of hydrogen-bond acceptors (Lipinski definition) is 3. The molecule has 0 bridgehead atoms. The lowest BCUT2D eigenvalue weighted by Crippen LogP contribution is -2.09. The maximum absolute atomic E-state index is 14.1. The largest absolute Gasteiger partial charge is 0.417 e. The summed E-state index contributed by atoms with van der Waals surface area (Å²) in [6.45, 7) is 1.58. The summed E-state index contributed by atoms with van der Waals surface area (Å²) >= 11 is 1.51. The van der Waals surface area contributed by atoms with E-state index in [4.69, 9.17) is 0 Å². The van der Waals surface area contributed by atoms with Crippen molar-refractivity contribution in [1.29, 1.82) is 0 Å². The fraction of sp³-hybridized carbons (Fsp3) is 0.0909. The van der Waals surface area contributed by atoms with E-state index >= 15 is 0 Å². The van der Waals surface area contributed by atoms with Gasteiger partial charge in [0.2, 0.25) is 0 Å². The summed E-state index contributed by atoms with van der Waals surface area (Å²) in [5.41, 5.74) is 0.117. The number of hydrogen-bond donors (Lipinski definition) is 0. The first-order valence-electron chi connectivity index (χ1n) is 8.68. The summed E-state index contributed by atoms with van der Waals surface area (Å²) in [5.74, 6) is 0. The van der Waals surface area contributed by atoms with Gasteiger partial charge in [0.15, 0.2) is 0 Å². The highest BCUT2D eigenvalue weighted by molar-refractivity contribution is 7.22. The van der Waals surface area contributed by atoms with Crippen LogP contribution in [0.1, 0.15) is 11.3 Å². The number of aryl methyl sites for hydroxylation is 1. The Balaban J connectivity index is 1.95. The van der Waals surface area contributed by atoms with Crippen molar-refractivity contribution in [3.8, 4) is 10.6 Å². The third-order valence-electron chi connectivity index (χ3n) is 4.91. The molecule has 0 unspecified atom stereocenters. The lowest BCUT2D eigenvalue weighted by Gasteiger charge is -2.16. The maximum atomic E-state index is 14.1. The summed E-state index contributed by atoms with van der Waals surface area (Å²) < 4.78 is 43.3. The standard InChI is InChI=1S/C22H13F3N2S/c1-12-19-16(10-13-6-2-4-8-15(13)20(19)22(23,24)25)21(27-26-12)18-11-14-7-3-5-9-17(14)28-18/h2-11H,1H3. The number of benzene rings is 3. The van der Waals surface area contributed by atoms with Gasteiger partial charge in [0, 0.05) is 15.5 Å². The molecule has 6 heteroatoms. The van der Waals surface area contributed by atoms with Crippen molar-refractivity contribution < 1.29 is 13.2 Å². The highest BCUT2D eigenvalue weighted by Crippen LogP contribution is 2.44. The molecule has 0 spiro atoms. The first-order valence-corrected chi connectivity index (χ1v) is 9.50. The Morgan fingerprint density at radius 2 is 1.54 bits per heavy atom. The minimum Gasteiger partial charge on any atom is -0.166 e. The Labute approximate surface area is 162 Å². The van der Waals surface area contributed by atoms with E-state index < -0.39 is 11.7 Å². The molecule has 3 aromatic carbocycles. The van der Waals surface area contributed by atoms with Crippen LogP contribution in [-0.4, -0.2) is 10.2 Å². The number of fused-ring (bicyclic) bond motifs is 3. The molecule has 0 fully saturated rings. The molecule has 0 atom stereocenters. The zero-order valence-electron chi connectivity index (χ0n) is 14.7. The van der Waals surface area contributed by atoms with Gasteiger partial charge in [-0.2, -0.15) is 18.3 Å². The van der Waals surface area contributed by atoms with E-state index in [1.54, 1.807) is 31.2 Å². The molecule has 0 N–H and O–H groups in total. The van der Waals surface area contributed by atoms with E-state index in [2.05, 4.69) is 10.2 Å². The molecular formula is C22H13F3N2S. The lowest BCUT2D eigenvalue weighted by atomic mass is 9.95. The van der Waals surface area contributed by atoms with E-state index in [0.717, 1.165) is 15.0 Å². The first kappa shape index (κ1) is 17.1. The Hall–Kier alpha value is -2.99. The molecule has 2 nitrogen and oxygen atoms in total. The second kappa shape index (κ2) is 6.01. The van der Waals surface area contributed by atoms with Gasteiger partial charge in [0.25, 0.3) is 0 Å². The molecule has 0 saturated carbocycles. The quantitative estimate of drug-likeness (QED) is 0.286. The van der Waals surface area contributed by atoms with Crippen LogP contribution < -0.4 is 0 Å². The van der Waals surface area contributed by atoms with Gasteiger partial charge in [-0.15, -0.1) is 16.4 Å². The van der Waals surface area contributed by atoms with Crippen molar-refractivity contribution in [3.05, 3.63) is 71.9 Å².